The topological polar surface area (TPSA) is 12.0 Å². The van der Waals surface area contributed by atoms with Gasteiger partial charge < -0.3 is 5.32 Å². The van der Waals surface area contributed by atoms with Gasteiger partial charge in [0.2, 0.25) is 0 Å². The fourth-order valence-electron chi connectivity index (χ4n) is 1.51. The van der Waals surface area contributed by atoms with Crippen LogP contribution in [0.2, 0.25) is 0 Å². The Morgan fingerprint density at radius 2 is 1.93 bits per heavy atom. The van der Waals surface area contributed by atoms with E-state index in [-0.39, 0.29) is 5.54 Å². The SMILES string of the molecule is CCC(C)(CCCl)NCc1ccccc1. The maximum Gasteiger partial charge on any atom is 0.0240 e. The third-order valence-corrected chi connectivity index (χ3v) is 3.18. The van der Waals surface area contributed by atoms with E-state index in [1.165, 1.54) is 5.56 Å². The van der Waals surface area contributed by atoms with Crippen molar-refractivity contribution in [2.45, 2.75) is 38.8 Å². The Morgan fingerprint density at radius 3 is 2.47 bits per heavy atom. The van der Waals surface area contributed by atoms with Gasteiger partial charge in [0.25, 0.3) is 0 Å². The fourth-order valence-corrected chi connectivity index (χ4v) is 1.93. The van der Waals surface area contributed by atoms with Gasteiger partial charge in [-0.05, 0) is 25.3 Å². The first-order valence-corrected chi connectivity index (χ1v) is 6.08. The van der Waals surface area contributed by atoms with Crippen molar-refractivity contribution < 1.29 is 0 Å². The van der Waals surface area contributed by atoms with Crippen LogP contribution in [0.4, 0.5) is 0 Å². The van der Waals surface area contributed by atoms with Crippen LogP contribution in [0.5, 0.6) is 0 Å². The summed E-state index contributed by atoms with van der Waals surface area (Å²) in [7, 11) is 0. The highest BCUT2D eigenvalue weighted by molar-refractivity contribution is 6.17. The van der Waals surface area contributed by atoms with Crippen molar-refractivity contribution in [3.05, 3.63) is 35.9 Å². The summed E-state index contributed by atoms with van der Waals surface area (Å²) in [4.78, 5) is 0. The van der Waals surface area contributed by atoms with Crippen LogP contribution in [0, 0.1) is 0 Å². The van der Waals surface area contributed by atoms with E-state index in [1.54, 1.807) is 0 Å². The smallest absolute Gasteiger partial charge is 0.0240 e. The van der Waals surface area contributed by atoms with Gasteiger partial charge in [0.1, 0.15) is 0 Å². The third-order valence-electron chi connectivity index (χ3n) is 2.99. The zero-order chi connectivity index (χ0) is 11.1. The minimum atomic E-state index is 0.164. The molecule has 0 heterocycles. The summed E-state index contributed by atoms with van der Waals surface area (Å²) in [5.41, 5.74) is 1.49. The number of hydrogen-bond donors (Lipinski definition) is 1. The Balaban J connectivity index is 2.47. The number of halogens is 1. The number of alkyl halides is 1. The first-order chi connectivity index (χ1) is 7.20. The lowest BCUT2D eigenvalue weighted by molar-refractivity contribution is 0.331. The molecule has 0 saturated carbocycles. The largest absolute Gasteiger partial charge is 0.307 e. The van der Waals surface area contributed by atoms with E-state index in [2.05, 4.69) is 43.4 Å². The average molecular weight is 226 g/mol. The van der Waals surface area contributed by atoms with Gasteiger partial charge in [-0.2, -0.15) is 0 Å². The van der Waals surface area contributed by atoms with E-state index in [1.807, 2.05) is 6.07 Å². The molecule has 1 rings (SSSR count). The Morgan fingerprint density at radius 1 is 1.27 bits per heavy atom. The Bertz CT molecular complexity index is 273. The van der Waals surface area contributed by atoms with Crippen LogP contribution in [0.25, 0.3) is 0 Å². The molecule has 1 unspecified atom stereocenters. The van der Waals surface area contributed by atoms with Crippen LogP contribution in [0.3, 0.4) is 0 Å². The second-order valence-corrected chi connectivity index (χ2v) is 4.57. The summed E-state index contributed by atoms with van der Waals surface area (Å²) in [6.07, 6.45) is 2.12. The van der Waals surface area contributed by atoms with Crippen LogP contribution in [0.1, 0.15) is 32.3 Å². The zero-order valence-electron chi connectivity index (χ0n) is 9.59. The molecule has 1 aromatic carbocycles. The summed E-state index contributed by atoms with van der Waals surface area (Å²) in [6, 6.07) is 10.5. The Labute approximate surface area is 97.8 Å². The lowest BCUT2D eigenvalue weighted by atomic mass is 9.95. The monoisotopic (exact) mass is 225 g/mol. The van der Waals surface area contributed by atoms with E-state index in [4.69, 9.17) is 11.6 Å². The third kappa shape index (κ3) is 4.23. The van der Waals surface area contributed by atoms with Crippen LogP contribution >= 0.6 is 11.6 Å². The quantitative estimate of drug-likeness (QED) is 0.730. The zero-order valence-corrected chi connectivity index (χ0v) is 10.3. The molecule has 2 heteroatoms. The molecular weight excluding hydrogens is 206 g/mol. The maximum absolute atomic E-state index is 5.81. The number of nitrogens with one attached hydrogen (secondary N) is 1. The van der Waals surface area contributed by atoms with Crippen LogP contribution in [-0.2, 0) is 6.54 Å². The maximum atomic E-state index is 5.81. The molecule has 0 bridgehead atoms. The molecule has 0 amide bonds. The van der Waals surface area contributed by atoms with Crippen LogP contribution in [-0.4, -0.2) is 11.4 Å². The predicted octanol–water partition coefficient (Wildman–Crippen LogP) is 3.57. The highest BCUT2D eigenvalue weighted by atomic mass is 35.5. The molecule has 0 spiro atoms. The van der Waals surface area contributed by atoms with Crippen molar-refractivity contribution in [1.82, 2.24) is 5.32 Å². The van der Waals surface area contributed by atoms with E-state index in [0.29, 0.717) is 5.88 Å². The second-order valence-electron chi connectivity index (χ2n) is 4.19. The molecule has 84 valence electrons. The lowest BCUT2D eigenvalue weighted by Crippen LogP contribution is -2.41. The number of hydrogen-bond acceptors (Lipinski definition) is 1. The lowest BCUT2D eigenvalue weighted by Gasteiger charge is -2.29. The molecule has 0 radical (unpaired) electrons. The average Bonchev–Trinajstić information content (AvgIpc) is 2.28. The molecule has 0 aliphatic heterocycles. The van der Waals surface area contributed by atoms with Crippen molar-refractivity contribution in [2.75, 3.05) is 5.88 Å². The van der Waals surface area contributed by atoms with Crippen LogP contribution in [0.15, 0.2) is 30.3 Å². The standard InChI is InChI=1S/C13H20ClN/c1-3-13(2,9-10-14)15-11-12-7-5-4-6-8-12/h4-8,15H,3,9-11H2,1-2H3. The van der Waals surface area contributed by atoms with Crippen molar-refractivity contribution in [2.24, 2.45) is 0 Å². The van der Waals surface area contributed by atoms with Crippen molar-refractivity contribution in [3.63, 3.8) is 0 Å². The van der Waals surface area contributed by atoms with Crippen molar-refractivity contribution in [1.29, 1.82) is 0 Å². The highest BCUT2D eigenvalue weighted by Gasteiger charge is 2.19. The predicted molar refractivity (Wildman–Crippen MR) is 67.3 cm³/mol. The van der Waals surface area contributed by atoms with E-state index >= 15 is 0 Å². The highest BCUT2D eigenvalue weighted by Crippen LogP contribution is 2.16. The Kier molecular flexibility index (Phi) is 5.13. The van der Waals surface area contributed by atoms with Gasteiger partial charge >= 0.3 is 0 Å². The molecule has 15 heavy (non-hydrogen) atoms. The van der Waals surface area contributed by atoms with Gasteiger partial charge in [-0.25, -0.2) is 0 Å². The summed E-state index contributed by atoms with van der Waals surface area (Å²) < 4.78 is 0. The van der Waals surface area contributed by atoms with Crippen LogP contribution < -0.4 is 5.32 Å². The minimum Gasteiger partial charge on any atom is -0.307 e. The number of benzene rings is 1. The summed E-state index contributed by atoms with van der Waals surface area (Å²) in [6.45, 7) is 5.35. The summed E-state index contributed by atoms with van der Waals surface area (Å²) in [5, 5.41) is 3.58. The van der Waals surface area contributed by atoms with Crippen molar-refractivity contribution in [3.8, 4) is 0 Å². The van der Waals surface area contributed by atoms with E-state index in [0.717, 1.165) is 19.4 Å². The normalized spacial score (nSPS) is 14.9. The first kappa shape index (κ1) is 12.5. The first-order valence-electron chi connectivity index (χ1n) is 5.55. The molecular formula is C13H20ClN. The second kappa shape index (κ2) is 6.14. The fraction of sp³-hybridized carbons (Fsp3) is 0.538. The van der Waals surface area contributed by atoms with E-state index < -0.39 is 0 Å². The molecule has 1 N–H and O–H groups in total. The van der Waals surface area contributed by atoms with Gasteiger partial charge in [-0.1, -0.05) is 37.3 Å². The summed E-state index contributed by atoms with van der Waals surface area (Å²) in [5.74, 6) is 0.714. The Hall–Kier alpha value is -0.530. The minimum absolute atomic E-state index is 0.164. The summed E-state index contributed by atoms with van der Waals surface area (Å²) >= 11 is 5.81. The molecule has 0 aliphatic rings. The molecule has 0 aliphatic carbocycles. The molecule has 0 fully saturated rings. The van der Waals surface area contributed by atoms with Gasteiger partial charge in [-0.15, -0.1) is 11.6 Å². The van der Waals surface area contributed by atoms with Crippen molar-refractivity contribution >= 4 is 11.6 Å². The van der Waals surface area contributed by atoms with Gasteiger partial charge in [0.05, 0.1) is 0 Å². The molecule has 1 atom stereocenters. The van der Waals surface area contributed by atoms with Gasteiger partial charge in [0, 0.05) is 18.0 Å². The number of rotatable bonds is 6. The molecule has 1 aromatic rings. The molecule has 1 nitrogen and oxygen atoms in total. The van der Waals surface area contributed by atoms with Gasteiger partial charge in [-0.3, -0.25) is 0 Å². The van der Waals surface area contributed by atoms with E-state index in [9.17, 15) is 0 Å². The van der Waals surface area contributed by atoms with Gasteiger partial charge in [0.15, 0.2) is 0 Å². The molecule has 0 aromatic heterocycles. The molecule has 0 saturated heterocycles.